The number of urea groups is 1. The van der Waals surface area contributed by atoms with Gasteiger partial charge in [-0.2, -0.15) is 0 Å². The second kappa shape index (κ2) is 3.96. The zero-order valence-electron chi connectivity index (χ0n) is 8.34. The third-order valence-electron chi connectivity index (χ3n) is 2.16. The normalized spacial score (nSPS) is 18.7. The molecule has 0 aromatic heterocycles. The second-order valence-electron chi connectivity index (χ2n) is 4.13. The Labute approximate surface area is 78.9 Å². The molecule has 0 unspecified atom stereocenters. The van der Waals surface area contributed by atoms with E-state index in [-0.39, 0.29) is 6.03 Å². The first-order chi connectivity index (χ1) is 5.99. The van der Waals surface area contributed by atoms with Crippen LogP contribution >= 0.6 is 0 Å². The van der Waals surface area contributed by atoms with Gasteiger partial charge in [0, 0.05) is 19.6 Å². The van der Waals surface area contributed by atoms with Gasteiger partial charge in [0.05, 0.1) is 5.60 Å². The smallest absolute Gasteiger partial charge is 0.317 e. The molecule has 76 valence electrons. The van der Waals surface area contributed by atoms with Gasteiger partial charge in [0.1, 0.15) is 0 Å². The molecule has 4 nitrogen and oxygen atoms in total. The third kappa shape index (κ3) is 3.63. The predicted octanol–water partition coefficient (Wildman–Crippen LogP) is 0.563. The summed E-state index contributed by atoms with van der Waals surface area (Å²) in [5, 5.41) is 12.2. The van der Waals surface area contributed by atoms with Crippen molar-refractivity contribution in [2.45, 2.75) is 32.3 Å². The van der Waals surface area contributed by atoms with Crippen LogP contribution in [0.5, 0.6) is 0 Å². The number of amides is 2. The quantitative estimate of drug-likeness (QED) is 0.676. The van der Waals surface area contributed by atoms with Crippen molar-refractivity contribution in [1.82, 2.24) is 10.2 Å². The van der Waals surface area contributed by atoms with Crippen LogP contribution in [0.15, 0.2) is 0 Å². The zero-order valence-corrected chi connectivity index (χ0v) is 8.34. The van der Waals surface area contributed by atoms with E-state index in [1.54, 1.807) is 18.7 Å². The summed E-state index contributed by atoms with van der Waals surface area (Å²) in [6.07, 6.45) is 1.62. The molecule has 0 bridgehead atoms. The minimum absolute atomic E-state index is 0.00417. The Bertz CT molecular complexity index is 187. The van der Waals surface area contributed by atoms with Gasteiger partial charge in [-0.25, -0.2) is 4.79 Å². The summed E-state index contributed by atoms with van der Waals surface area (Å²) in [5.74, 6) is 0. The lowest BCUT2D eigenvalue weighted by atomic mass is 10.1. The van der Waals surface area contributed by atoms with Crippen LogP contribution in [0.1, 0.15) is 26.7 Å². The van der Waals surface area contributed by atoms with E-state index in [4.69, 9.17) is 0 Å². The van der Waals surface area contributed by atoms with Crippen LogP contribution in [0.3, 0.4) is 0 Å². The Kier molecular flexibility index (Phi) is 3.14. The van der Waals surface area contributed by atoms with Crippen LogP contribution in [-0.4, -0.2) is 41.3 Å². The van der Waals surface area contributed by atoms with E-state index >= 15 is 0 Å². The van der Waals surface area contributed by atoms with E-state index in [9.17, 15) is 9.90 Å². The largest absolute Gasteiger partial charge is 0.390 e. The van der Waals surface area contributed by atoms with Crippen molar-refractivity contribution >= 4 is 6.03 Å². The highest BCUT2D eigenvalue weighted by molar-refractivity contribution is 5.74. The summed E-state index contributed by atoms with van der Waals surface area (Å²) < 4.78 is 0. The Morgan fingerprint density at radius 3 is 2.85 bits per heavy atom. The topological polar surface area (TPSA) is 52.6 Å². The fourth-order valence-electron chi connectivity index (χ4n) is 1.30. The third-order valence-corrected chi connectivity index (χ3v) is 2.16. The molecule has 0 saturated carbocycles. The van der Waals surface area contributed by atoms with Gasteiger partial charge < -0.3 is 15.3 Å². The van der Waals surface area contributed by atoms with Crippen LogP contribution in [0.2, 0.25) is 0 Å². The van der Waals surface area contributed by atoms with E-state index < -0.39 is 5.60 Å². The number of nitrogens with zero attached hydrogens (tertiary/aromatic N) is 1. The summed E-state index contributed by atoms with van der Waals surface area (Å²) in [6.45, 7) is 5.73. The number of carbonyl (C=O) groups excluding carboxylic acids is 1. The molecule has 0 radical (unpaired) electrons. The van der Waals surface area contributed by atoms with Gasteiger partial charge in [-0.05, 0) is 26.7 Å². The van der Waals surface area contributed by atoms with Gasteiger partial charge in [-0.1, -0.05) is 0 Å². The number of aliphatic hydroxyl groups is 1. The lowest BCUT2D eigenvalue weighted by Crippen LogP contribution is -2.47. The standard InChI is InChI=1S/C9H18N2O2/c1-9(2,13)4-7-11-6-3-5-10-8(11)12/h13H,3-7H2,1-2H3,(H,10,12). The molecule has 0 atom stereocenters. The molecule has 4 heteroatoms. The molecule has 0 aliphatic carbocycles. The lowest BCUT2D eigenvalue weighted by Gasteiger charge is -2.29. The summed E-state index contributed by atoms with van der Waals surface area (Å²) in [6, 6.07) is -0.00417. The molecule has 0 aromatic carbocycles. The number of nitrogens with one attached hydrogen (secondary N) is 1. The van der Waals surface area contributed by atoms with E-state index in [0.29, 0.717) is 13.0 Å². The van der Waals surface area contributed by atoms with Gasteiger partial charge >= 0.3 is 6.03 Å². The monoisotopic (exact) mass is 186 g/mol. The molecule has 0 spiro atoms. The second-order valence-corrected chi connectivity index (χ2v) is 4.13. The number of hydrogen-bond acceptors (Lipinski definition) is 2. The van der Waals surface area contributed by atoms with Crippen LogP contribution in [0, 0.1) is 0 Å². The van der Waals surface area contributed by atoms with E-state index in [2.05, 4.69) is 5.32 Å². The van der Waals surface area contributed by atoms with Crippen LogP contribution in [0.25, 0.3) is 0 Å². The molecule has 1 aliphatic rings. The first-order valence-electron chi connectivity index (χ1n) is 4.74. The molecule has 13 heavy (non-hydrogen) atoms. The Morgan fingerprint density at radius 2 is 2.31 bits per heavy atom. The molecule has 2 amide bonds. The first kappa shape index (κ1) is 10.3. The lowest BCUT2D eigenvalue weighted by molar-refractivity contribution is 0.0604. The highest BCUT2D eigenvalue weighted by atomic mass is 16.3. The fourth-order valence-corrected chi connectivity index (χ4v) is 1.30. The minimum Gasteiger partial charge on any atom is -0.390 e. The SMILES string of the molecule is CC(C)(O)CCN1CCCNC1=O. The van der Waals surface area contributed by atoms with Crippen LogP contribution < -0.4 is 5.32 Å². The molecule has 1 heterocycles. The van der Waals surface area contributed by atoms with E-state index in [1.165, 1.54) is 0 Å². The minimum atomic E-state index is -0.683. The van der Waals surface area contributed by atoms with Crippen molar-refractivity contribution in [3.05, 3.63) is 0 Å². The Hall–Kier alpha value is -0.770. The van der Waals surface area contributed by atoms with Gasteiger partial charge in [0.25, 0.3) is 0 Å². The van der Waals surface area contributed by atoms with Gasteiger partial charge in [-0.3, -0.25) is 0 Å². The molecular weight excluding hydrogens is 168 g/mol. The highest BCUT2D eigenvalue weighted by Crippen LogP contribution is 2.09. The Balaban J connectivity index is 2.31. The summed E-state index contributed by atoms with van der Waals surface area (Å²) >= 11 is 0. The maximum absolute atomic E-state index is 11.2. The van der Waals surface area contributed by atoms with Crippen molar-refractivity contribution in [2.24, 2.45) is 0 Å². The van der Waals surface area contributed by atoms with Crippen molar-refractivity contribution < 1.29 is 9.90 Å². The van der Waals surface area contributed by atoms with Crippen molar-refractivity contribution in [1.29, 1.82) is 0 Å². The van der Waals surface area contributed by atoms with Gasteiger partial charge in [0.15, 0.2) is 0 Å². The summed E-state index contributed by atoms with van der Waals surface area (Å²) in [5.41, 5.74) is -0.683. The molecule has 2 N–H and O–H groups in total. The maximum atomic E-state index is 11.2. The van der Waals surface area contributed by atoms with Crippen molar-refractivity contribution in [2.75, 3.05) is 19.6 Å². The molecular formula is C9H18N2O2. The molecule has 1 saturated heterocycles. The van der Waals surface area contributed by atoms with Crippen molar-refractivity contribution in [3.63, 3.8) is 0 Å². The Morgan fingerprint density at radius 1 is 1.62 bits per heavy atom. The maximum Gasteiger partial charge on any atom is 0.317 e. The predicted molar refractivity (Wildman–Crippen MR) is 50.5 cm³/mol. The van der Waals surface area contributed by atoms with Gasteiger partial charge in [-0.15, -0.1) is 0 Å². The first-order valence-corrected chi connectivity index (χ1v) is 4.74. The van der Waals surface area contributed by atoms with Crippen LogP contribution in [0.4, 0.5) is 4.79 Å². The number of hydrogen-bond donors (Lipinski definition) is 2. The molecule has 1 fully saturated rings. The number of rotatable bonds is 3. The van der Waals surface area contributed by atoms with E-state index in [1.807, 2.05) is 0 Å². The molecule has 0 aromatic rings. The average Bonchev–Trinajstić information content (AvgIpc) is 2.01. The average molecular weight is 186 g/mol. The fraction of sp³-hybridized carbons (Fsp3) is 0.889. The molecule has 1 rings (SSSR count). The van der Waals surface area contributed by atoms with Gasteiger partial charge in [0.2, 0.25) is 0 Å². The van der Waals surface area contributed by atoms with Crippen LogP contribution in [-0.2, 0) is 0 Å². The van der Waals surface area contributed by atoms with E-state index in [0.717, 1.165) is 19.5 Å². The van der Waals surface area contributed by atoms with Crippen molar-refractivity contribution in [3.8, 4) is 0 Å². The number of carbonyl (C=O) groups is 1. The highest BCUT2D eigenvalue weighted by Gasteiger charge is 2.20. The molecule has 1 aliphatic heterocycles. The zero-order chi connectivity index (χ0) is 9.90. The summed E-state index contributed by atoms with van der Waals surface area (Å²) in [4.78, 5) is 13.0. The summed E-state index contributed by atoms with van der Waals surface area (Å²) in [7, 11) is 0.